The molecule has 1 aromatic rings. The molecule has 1 saturated carbocycles. The molecule has 0 spiro atoms. The van der Waals surface area contributed by atoms with Crippen LogP contribution in [0.3, 0.4) is 0 Å². The fourth-order valence-electron chi connectivity index (χ4n) is 3.66. The molecular formula is C17H20BClFNO. The molecule has 22 heavy (non-hydrogen) atoms. The van der Waals surface area contributed by atoms with Gasteiger partial charge in [0.05, 0.1) is 0 Å². The van der Waals surface area contributed by atoms with Crippen molar-refractivity contribution in [3.8, 4) is 0 Å². The largest absolute Gasteiger partial charge is 0.339 e. The first-order valence-electron chi connectivity index (χ1n) is 8.03. The Morgan fingerprint density at radius 1 is 1.23 bits per heavy atom. The summed E-state index contributed by atoms with van der Waals surface area (Å²) in [5.41, 5.74) is 1.61. The van der Waals surface area contributed by atoms with E-state index < -0.39 is 6.17 Å². The van der Waals surface area contributed by atoms with Crippen molar-refractivity contribution < 1.29 is 9.18 Å². The van der Waals surface area contributed by atoms with Gasteiger partial charge >= 0.3 is 0 Å². The molecule has 2 nitrogen and oxygen atoms in total. The minimum atomic E-state index is -0.682. The van der Waals surface area contributed by atoms with E-state index in [1.807, 2.05) is 17.0 Å². The number of halogens is 2. The summed E-state index contributed by atoms with van der Waals surface area (Å²) in [5.74, 6) is 0.194. The summed E-state index contributed by atoms with van der Waals surface area (Å²) in [7, 11) is 5.70. The van der Waals surface area contributed by atoms with E-state index in [9.17, 15) is 9.18 Å². The highest BCUT2D eigenvalue weighted by Gasteiger charge is 2.37. The molecule has 1 unspecified atom stereocenters. The molecule has 5 heteroatoms. The van der Waals surface area contributed by atoms with Crippen molar-refractivity contribution in [1.82, 2.24) is 4.90 Å². The summed E-state index contributed by atoms with van der Waals surface area (Å²) in [5, 5.41) is 0.629. The van der Waals surface area contributed by atoms with Crippen LogP contribution in [0.25, 0.3) is 0 Å². The van der Waals surface area contributed by atoms with E-state index in [1.54, 1.807) is 6.07 Å². The van der Waals surface area contributed by atoms with Gasteiger partial charge in [-0.2, -0.15) is 0 Å². The second-order valence-corrected chi connectivity index (χ2v) is 6.89. The Kier molecular flexibility index (Phi) is 4.77. The lowest BCUT2D eigenvalue weighted by Gasteiger charge is -2.32. The second kappa shape index (κ2) is 6.61. The SMILES string of the molecule is [B]c1ccc(CC2CCN(C3CCC(F)CC3)C2=O)c(Cl)c1. The zero-order chi connectivity index (χ0) is 15.7. The Hall–Kier alpha value is -1.03. The van der Waals surface area contributed by atoms with Crippen LogP contribution in [0.2, 0.25) is 5.02 Å². The van der Waals surface area contributed by atoms with Gasteiger partial charge in [-0.1, -0.05) is 35.3 Å². The molecule has 1 amide bonds. The maximum Gasteiger partial charge on any atom is 0.226 e. The molecule has 1 aromatic carbocycles. The van der Waals surface area contributed by atoms with E-state index in [0.29, 0.717) is 29.7 Å². The molecule has 1 atom stereocenters. The fraction of sp³-hybridized carbons (Fsp3) is 0.588. The number of hydrogen-bond donors (Lipinski definition) is 0. The van der Waals surface area contributed by atoms with Gasteiger partial charge in [-0.3, -0.25) is 4.79 Å². The fourth-order valence-corrected chi connectivity index (χ4v) is 3.92. The van der Waals surface area contributed by atoms with Gasteiger partial charge in [0, 0.05) is 23.5 Å². The lowest BCUT2D eigenvalue weighted by atomic mass is 9.91. The number of nitrogens with zero attached hydrogens (tertiary/aromatic N) is 1. The van der Waals surface area contributed by atoms with E-state index in [-0.39, 0.29) is 17.9 Å². The molecular weight excluding hydrogens is 299 g/mol. The zero-order valence-electron chi connectivity index (χ0n) is 12.6. The number of hydrogen-bond acceptors (Lipinski definition) is 1. The summed E-state index contributed by atoms with van der Waals surface area (Å²) < 4.78 is 13.3. The minimum absolute atomic E-state index is 0.00998. The average molecular weight is 320 g/mol. The normalized spacial score (nSPS) is 29.1. The van der Waals surface area contributed by atoms with Crippen molar-refractivity contribution in [3.05, 3.63) is 28.8 Å². The standard InChI is InChI=1S/C17H20BClFNO/c18-13-2-1-11(16(19)10-13)9-12-7-8-21(17(12)22)15-5-3-14(20)4-6-15/h1-2,10,12,14-15H,3-9H2. The maximum absolute atomic E-state index is 13.3. The molecule has 116 valence electrons. The van der Waals surface area contributed by atoms with Crippen LogP contribution in [0.4, 0.5) is 4.39 Å². The predicted molar refractivity (Wildman–Crippen MR) is 87.5 cm³/mol. The van der Waals surface area contributed by atoms with Crippen LogP contribution < -0.4 is 5.46 Å². The topological polar surface area (TPSA) is 20.3 Å². The molecule has 1 aliphatic heterocycles. The molecule has 2 fully saturated rings. The third-order valence-electron chi connectivity index (χ3n) is 4.96. The number of amides is 1. The van der Waals surface area contributed by atoms with Gasteiger partial charge in [0.2, 0.25) is 5.91 Å². The van der Waals surface area contributed by atoms with Crippen LogP contribution in [0.5, 0.6) is 0 Å². The molecule has 0 aromatic heterocycles. The van der Waals surface area contributed by atoms with Gasteiger partial charge in [0.25, 0.3) is 0 Å². The highest BCUT2D eigenvalue weighted by molar-refractivity contribution is 6.36. The van der Waals surface area contributed by atoms with Crippen molar-refractivity contribution in [1.29, 1.82) is 0 Å². The number of carbonyl (C=O) groups excluding carboxylic acids is 1. The van der Waals surface area contributed by atoms with Gasteiger partial charge in [0.1, 0.15) is 14.0 Å². The van der Waals surface area contributed by atoms with Crippen molar-refractivity contribution >= 4 is 30.8 Å². The highest BCUT2D eigenvalue weighted by atomic mass is 35.5. The van der Waals surface area contributed by atoms with E-state index in [2.05, 4.69) is 0 Å². The highest BCUT2D eigenvalue weighted by Crippen LogP contribution is 2.32. The number of alkyl halides is 1. The lowest BCUT2D eigenvalue weighted by molar-refractivity contribution is -0.133. The summed E-state index contributed by atoms with van der Waals surface area (Å²) in [6.07, 6.45) is 3.59. The molecule has 1 saturated heterocycles. The average Bonchev–Trinajstić information content (AvgIpc) is 2.84. The third-order valence-corrected chi connectivity index (χ3v) is 5.31. The van der Waals surface area contributed by atoms with E-state index in [0.717, 1.165) is 31.4 Å². The first-order chi connectivity index (χ1) is 10.5. The molecule has 3 rings (SSSR count). The number of likely N-dealkylation sites (tertiary alicyclic amines) is 1. The van der Waals surface area contributed by atoms with Crippen LogP contribution >= 0.6 is 11.6 Å². The molecule has 0 bridgehead atoms. The second-order valence-electron chi connectivity index (χ2n) is 6.48. The zero-order valence-corrected chi connectivity index (χ0v) is 13.4. The number of benzene rings is 1. The van der Waals surface area contributed by atoms with E-state index in [1.165, 1.54) is 0 Å². The van der Waals surface area contributed by atoms with Crippen molar-refractivity contribution in [3.63, 3.8) is 0 Å². The monoisotopic (exact) mass is 319 g/mol. The van der Waals surface area contributed by atoms with Gasteiger partial charge in [0.15, 0.2) is 0 Å². The van der Waals surface area contributed by atoms with E-state index in [4.69, 9.17) is 19.4 Å². The molecule has 1 heterocycles. The van der Waals surface area contributed by atoms with Gasteiger partial charge in [-0.25, -0.2) is 4.39 Å². The summed E-state index contributed by atoms with van der Waals surface area (Å²) >= 11 is 6.21. The summed E-state index contributed by atoms with van der Waals surface area (Å²) in [6.45, 7) is 0.789. The minimum Gasteiger partial charge on any atom is -0.339 e. The first kappa shape index (κ1) is 15.9. The van der Waals surface area contributed by atoms with Crippen LogP contribution in [-0.4, -0.2) is 37.4 Å². The van der Waals surface area contributed by atoms with Crippen LogP contribution in [0.1, 0.15) is 37.7 Å². The van der Waals surface area contributed by atoms with Crippen LogP contribution in [0, 0.1) is 5.92 Å². The predicted octanol–water partition coefficient (Wildman–Crippen LogP) is 2.81. The number of carbonyl (C=O) groups is 1. The van der Waals surface area contributed by atoms with Gasteiger partial charge in [-0.05, 0) is 44.1 Å². The van der Waals surface area contributed by atoms with Crippen LogP contribution in [0.15, 0.2) is 18.2 Å². The quantitative estimate of drug-likeness (QED) is 0.785. The molecule has 1 aliphatic carbocycles. The van der Waals surface area contributed by atoms with Gasteiger partial charge < -0.3 is 4.90 Å². The van der Waals surface area contributed by atoms with Crippen molar-refractivity contribution in [2.24, 2.45) is 5.92 Å². The maximum atomic E-state index is 13.3. The summed E-state index contributed by atoms with van der Waals surface area (Å²) in [6, 6.07) is 5.69. The molecule has 2 aliphatic rings. The Balaban J connectivity index is 1.63. The van der Waals surface area contributed by atoms with Crippen molar-refractivity contribution in [2.45, 2.75) is 50.7 Å². The lowest BCUT2D eigenvalue weighted by Crippen LogP contribution is -2.40. The summed E-state index contributed by atoms with van der Waals surface area (Å²) in [4.78, 5) is 14.6. The Bertz CT molecular complexity index is 560. The third kappa shape index (κ3) is 3.32. The Labute approximate surface area is 137 Å². The number of rotatable bonds is 3. The van der Waals surface area contributed by atoms with Gasteiger partial charge in [-0.15, -0.1) is 0 Å². The first-order valence-corrected chi connectivity index (χ1v) is 8.41. The Morgan fingerprint density at radius 3 is 2.64 bits per heavy atom. The molecule has 0 N–H and O–H groups in total. The van der Waals surface area contributed by atoms with Crippen molar-refractivity contribution in [2.75, 3.05) is 6.54 Å². The smallest absolute Gasteiger partial charge is 0.226 e. The van der Waals surface area contributed by atoms with E-state index >= 15 is 0 Å². The Morgan fingerprint density at radius 2 is 1.95 bits per heavy atom. The van der Waals surface area contributed by atoms with Crippen LogP contribution in [-0.2, 0) is 11.2 Å². The molecule has 2 radical (unpaired) electrons.